The normalized spacial score (nSPS) is 28.7. The van der Waals surface area contributed by atoms with Gasteiger partial charge < -0.3 is 10.1 Å². The maximum atomic E-state index is 12.1. The van der Waals surface area contributed by atoms with Crippen LogP contribution in [-0.4, -0.2) is 13.0 Å². The minimum absolute atomic E-state index is 0.174. The smallest absolute Gasteiger partial charge is 0.227 e. The molecule has 0 bridgehead atoms. The predicted octanol–water partition coefficient (Wildman–Crippen LogP) is 2.99. The number of benzene rings is 1. The Morgan fingerprint density at radius 1 is 1.28 bits per heavy atom. The van der Waals surface area contributed by atoms with Crippen molar-refractivity contribution in [3.63, 3.8) is 0 Å². The van der Waals surface area contributed by atoms with Crippen LogP contribution in [0.5, 0.6) is 5.75 Å². The van der Waals surface area contributed by atoms with E-state index in [1.165, 1.54) is 6.42 Å². The summed E-state index contributed by atoms with van der Waals surface area (Å²) in [4.78, 5) is 12.1. The van der Waals surface area contributed by atoms with Gasteiger partial charge in [-0.05, 0) is 49.7 Å². The van der Waals surface area contributed by atoms with E-state index in [9.17, 15) is 4.79 Å². The molecule has 2 unspecified atom stereocenters. The quantitative estimate of drug-likeness (QED) is 0.889. The zero-order valence-electron chi connectivity index (χ0n) is 10.9. The van der Waals surface area contributed by atoms with E-state index in [0.29, 0.717) is 0 Å². The Hall–Kier alpha value is -1.51. The van der Waals surface area contributed by atoms with Gasteiger partial charge >= 0.3 is 0 Å². The molecule has 2 saturated carbocycles. The van der Waals surface area contributed by atoms with Crippen LogP contribution >= 0.6 is 0 Å². The van der Waals surface area contributed by atoms with Crippen LogP contribution in [0.2, 0.25) is 0 Å². The fraction of sp³-hybridized carbons (Fsp3) is 0.533. The first kappa shape index (κ1) is 11.6. The summed E-state index contributed by atoms with van der Waals surface area (Å²) in [5.41, 5.74) is 1.92. The molecule has 3 rings (SSSR count). The van der Waals surface area contributed by atoms with Crippen LogP contribution in [0.1, 0.15) is 24.8 Å². The van der Waals surface area contributed by atoms with Crippen LogP contribution in [0.25, 0.3) is 0 Å². The summed E-state index contributed by atoms with van der Waals surface area (Å²) >= 11 is 0. The maximum Gasteiger partial charge on any atom is 0.227 e. The molecule has 0 aliphatic heterocycles. The molecule has 3 nitrogen and oxygen atoms in total. The van der Waals surface area contributed by atoms with Gasteiger partial charge in [-0.2, -0.15) is 0 Å². The third kappa shape index (κ3) is 2.09. The Labute approximate surface area is 108 Å². The molecule has 3 heteroatoms. The maximum absolute atomic E-state index is 12.1. The minimum Gasteiger partial charge on any atom is -0.496 e. The molecule has 18 heavy (non-hydrogen) atoms. The van der Waals surface area contributed by atoms with Crippen LogP contribution in [0.4, 0.5) is 5.69 Å². The van der Waals surface area contributed by atoms with Crippen molar-refractivity contribution < 1.29 is 9.53 Å². The summed E-state index contributed by atoms with van der Waals surface area (Å²) in [5, 5.41) is 3.01. The molecule has 0 saturated heterocycles. The van der Waals surface area contributed by atoms with E-state index >= 15 is 0 Å². The molecule has 2 fully saturated rings. The van der Waals surface area contributed by atoms with E-state index in [1.807, 2.05) is 25.1 Å². The first-order valence-corrected chi connectivity index (χ1v) is 6.63. The second-order valence-corrected chi connectivity index (χ2v) is 5.60. The van der Waals surface area contributed by atoms with Crippen LogP contribution in [0, 0.1) is 24.7 Å². The van der Waals surface area contributed by atoms with E-state index in [2.05, 4.69) is 5.32 Å². The summed E-state index contributed by atoms with van der Waals surface area (Å²) in [6.07, 6.45) is 3.52. The summed E-state index contributed by atoms with van der Waals surface area (Å²) in [6, 6.07) is 5.80. The van der Waals surface area contributed by atoms with Crippen molar-refractivity contribution in [2.24, 2.45) is 17.8 Å². The summed E-state index contributed by atoms with van der Waals surface area (Å²) in [7, 11) is 1.65. The fourth-order valence-corrected chi connectivity index (χ4v) is 3.07. The molecule has 0 radical (unpaired) electrons. The largest absolute Gasteiger partial charge is 0.496 e. The molecule has 1 aromatic rings. The van der Waals surface area contributed by atoms with Gasteiger partial charge in [-0.1, -0.05) is 6.07 Å². The first-order valence-electron chi connectivity index (χ1n) is 6.63. The Morgan fingerprint density at radius 2 is 2.00 bits per heavy atom. The van der Waals surface area contributed by atoms with E-state index in [1.54, 1.807) is 7.11 Å². The minimum atomic E-state index is 0.174. The Bertz CT molecular complexity index is 473. The van der Waals surface area contributed by atoms with Crippen LogP contribution in [0.15, 0.2) is 18.2 Å². The topological polar surface area (TPSA) is 38.3 Å². The third-order valence-corrected chi connectivity index (χ3v) is 4.29. The van der Waals surface area contributed by atoms with Crippen molar-refractivity contribution in [1.29, 1.82) is 0 Å². The number of hydrogen-bond donors (Lipinski definition) is 1. The SMILES string of the molecule is COc1cc(NC(=O)C2CC3CC3C2)ccc1C. The van der Waals surface area contributed by atoms with E-state index < -0.39 is 0 Å². The number of aryl methyl sites for hydroxylation is 1. The standard InChI is InChI=1S/C15H19NO2/c1-9-3-4-13(8-14(9)18-2)16-15(17)12-6-10-5-11(10)7-12/h3-4,8,10-12H,5-7H2,1-2H3,(H,16,17). The van der Waals surface area contributed by atoms with Crippen LogP contribution in [-0.2, 0) is 4.79 Å². The summed E-state index contributed by atoms with van der Waals surface area (Å²) in [5.74, 6) is 2.90. The Morgan fingerprint density at radius 3 is 2.67 bits per heavy atom. The first-order chi connectivity index (χ1) is 8.67. The van der Waals surface area contributed by atoms with Gasteiger partial charge in [0.2, 0.25) is 5.91 Å². The Balaban J connectivity index is 1.66. The van der Waals surface area contributed by atoms with Gasteiger partial charge in [-0.3, -0.25) is 4.79 Å². The second-order valence-electron chi connectivity index (χ2n) is 5.60. The molecular formula is C15H19NO2. The fourth-order valence-electron chi connectivity index (χ4n) is 3.07. The number of amides is 1. The summed E-state index contributed by atoms with van der Waals surface area (Å²) < 4.78 is 5.27. The van der Waals surface area contributed by atoms with Crippen molar-refractivity contribution in [3.8, 4) is 5.75 Å². The van der Waals surface area contributed by atoms with Gasteiger partial charge in [0.05, 0.1) is 7.11 Å². The van der Waals surface area contributed by atoms with Crippen molar-refractivity contribution in [1.82, 2.24) is 0 Å². The average molecular weight is 245 g/mol. The number of carbonyl (C=O) groups excluding carboxylic acids is 1. The molecule has 0 aromatic heterocycles. The van der Waals surface area contributed by atoms with E-state index in [-0.39, 0.29) is 11.8 Å². The van der Waals surface area contributed by atoms with Crippen LogP contribution in [0.3, 0.4) is 0 Å². The number of hydrogen-bond acceptors (Lipinski definition) is 2. The van der Waals surface area contributed by atoms with Gasteiger partial charge in [0.25, 0.3) is 0 Å². The highest BCUT2D eigenvalue weighted by atomic mass is 16.5. The van der Waals surface area contributed by atoms with Gasteiger partial charge in [-0.25, -0.2) is 0 Å². The molecule has 0 spiro atoms. The molecule has 1 amide bonds. The van der Waals surface area contributed by atoms with Crippen molar-refractivity contribution in [2.45, 2.75) is 26.2 Å². The molecule has 2 aliphatic carbocycles. The van der Waals surface area contributed by atoms with Crippen molar-refractivity contribution >= 4 is 11.6 Å². The monoisotopic (exact) mass is 245 g/mol. The average Bonchev–Trinajstić information content (AvgIpc) is 2.98. The Kier molecular flexibility index (Phi) is 2.77. The highest BCUT2D eigenvalue weighted by Gasteiger charge is 2.47. The lowest BCUT2D eigenvalue weighted by Gasteiger charge is -2.13. The van der Waals surface area contributed by atoms with Gasteiger partial charge in [0.15, 0.2) is 0 Å². The molecule has 1 aromatic carbocycles. The number of nitrogens with one attached hydrogen (secondary N) is 1. The molecule has 0 heterocycles. The lowest BCUT2D eigenvalue weighted by molar-refractivity contribution is -0.120. The number of fused-ring (bicyclic) bond motifs is 1. The highest BCUT2D eigenvalue weighted by Crippen LogP contribution is 2.54. The number of anilines is 1. The third-order valence-electron chi connectivity index (χ3n) is 4.29. The number of methoxy groups -OCH3 is 1. The van der Waals surface area contributed by atoms with Gasteiger partial charge in [0.1, 0.15) is 5.75 Å². The van der Waals surface area contributed by atoms with Crippen LogP contribution < -0.4 is 10.1 Å². The highest BCUT2D eigenvalue weighted by molar-refractivity contribution is 5.93. The lowest BCUT2D eigenvalue weighted by Crippen LogP contribution is -2.21. The van der Waals surface area contributed by atoms with Gasteiger partial charge in [0, 0.05) is 17.7 Å². The number of rotatable bonds is 3. The molecule has 2 aliphatic rings. The predicted molar refractivity (Wildman–Crippen MR) is 70.7 cm³/mol. The number of ether oxygens (including phenoxy) is 1. The lowest BCUT2D eigenvalue weighted by atomic mass is 10.0. The van der Waals surface area contributed by atoms with Gasteiger partial charge in [-0.15, -0.1) is 0 Å². The molecule has 96 valence electrons. The molecular weight excluding hydrogens is 226 g/mol. The van der Waals surface area contributed by atoms with E-state index in [4.69, 9.17) is 4.74 Å². The zero-order chi connectivity index (χ0) is 12.7. The zero-order valence-corrected chi connectivity index (χ0v) is 10.9. The second kappa shape index (κ2) is 4.30. The molecule has 1 N–H and O–H groups in total. The van der Waals surface area contributed by atoms with E-state index in [0.717, 1.165) is 41.7 Å². The van der Waals surface area contributed by atoms with Crippen molar-refractivity contribution in [2.75, 3.05) is 12.4 Å². The summed E-state index contributed by atoms with van der Waals surface area (Å²) in [6.45, 7) is 1.99. The van der Waals surface area contributed by atoms with Crippen molar-refractivity contribution in [3.05, 3.63) is 23.8 Å². The molecule has 2 atom stereocenters. The number of carbonyl (C=O) groups is 1.